The summed E-state index contributed by atoms with van der Waals surface area (Å²) in [4.78, 5) is 0. The van der Waals surface area contributed by atoms with Crippen LogP contribution >= 0.6 is 0 Å². The fourth-order valence-corrected chi connectivity index (χ4v) is 5.40. The molecule has 0 unspecified atom stereocenters. The summed E-state index contributed by atoms with van der Waals surface area (Å²) in [5.41, 5.74) is 3.76. The first-order valence-electron chi connectivity index (χ1n) is 11.8. The van der Waals surface area contributed by atoms with Gasteiger partial charge in [-0.15, -0.1) is 0 Å². The summed E-state index contributed by atoms with van der Waals surface area (Å²) in [7, 11) is -5.24. The van der Waals surface area contributed by atoms with Gasteiger partial charge in [-0.3, -0.25) is 0 Å². The predicted octanol–water partition coefficient (Wildman–Crippen LogP) is 4.49. The Morgan fingerprint density at radius 3 is 1.05 bits per heavy atom. The largest absolute Gasteiger partial charge is 0.743 e. The molecule has 0 fully saturated rings. The second-order valence-corrected chi connectivity index (χ2v) is 10.0. The Morgan fingerprint density at radius 2 is 0.789 bits per heavy atom. The molecule has 0 N–H and O–H groups in total. The molecule has 0 aliphatic rings. The standard InChI is InChI=1S/C28H22N6O3S/c35-38(36,37)28(32-19-16-25(29-32)22-10-4-1-5-11-22,33-20-17-26(30-33)23-12-6-2-7-13-23)34-21-18-27(31-34)24-14-8-3-9-15-24/h1-21H,(H,35,36,37)/p-1. The molecular formula is C28H21N6O3S-. The van der Waals surface area contributed by atoms with Crippen LogP contribution in [-0.2, 0) is 15.2 Å². The number of hydrogen-bond donors (Lipinski definition) is 0. The number of hydrogen-bond acceptors (Lipinski definition) is 6. The highest BCUT2D eigenvalue weighted by Gasteiger charge is 2.47. The van der Waals surface area contributed by atoms with Crippen LogP contribution in [0.3, 0.4) is 0 Å². The molecule has 3 heterocycles. The molecule has 6 aromatic rings. The molecule has 0 radical (unpaired) electrons. The zero-order chi connectivity index (χ0) is 26.2. The molecule has 6 rings (SSSR count). The second kappa shape index (κ2) is 9.25. The third-order valence-electron chi connectivity index (χ3n) is 6.21. The quantitative estimate of drug-likeness (QED) is 0.286. The maximum Gasteiger partial charge on any atom is 0.343 e. The SMILES string of the molecule is O=S(=O)([O-])C(n1ccc(-c2ccccc2)n1)(n1ccc(-c2ccccc2)n1)n1ccc(-c2ccccc2)n1. The normalized spacial score (nSPS) is 12.0. The predicted molar refractivity (Wildman–Crippen MR) is 141 cm³/mol. The van der Waals surface area contributed by atoms with E-state index in [1.54, 1.807) is 18.2 Å². The van der Waals surface area contributed by atoms with Gasteiger partial charge >= 0.3 is 5.12 Å². The third kappa shape index (κ3) is 3.92. The highest BCUT2D eigenvalue weighted by Crippen LogP contribution is 2.31. The van der Waals surface area contributed by atoms with Gasteiger partial charge in [0, 0.05) is 35.3 Å². The summed E-state index contributed by atoms with van der Waals surface area (Å²) >= 11 is 0. The Bertz CT molecular complexity index is 1610. The van der Waals surface area contributed by atoms with Gasteiger partial charge in [0.1, 0.15) is 0 Å². The van der Waals surface area contributed by atoms with Crippen LogP contribution in [-0.4, -0.2) is 42.3 Å². The van der Waals surface area contributed by atoms with Crippen LogP contribution in [0.4, 0.5) is 0 Å². The lowest BCUT2D eigenvalue weighted by Crippen LogP contribution is -2.55. The van der Waals surface area contributed by atoms with E-state index in [1.807, 2.05) is 91.0 Å². The molecule has 3 aromatic heterocycles. The monoisotopic (exact) mass is 521 g/mol. The lowest BCUT2D eigenvalue weighted by Gasteiger charge is -2.36. The molecule has 0 bridgehead atoms. The van der Waals surface area contributed by atoms with E-state index >= 15 is 0 Å². The van der Waals surface area contributed by atoms with Gasteiger partial charge in [0.2, 0.25) is 0 Å². The molecule has 188 valence electrons. The molecule has 0 aliphatic carbocycles. The summed E-state index contributed by atoms with van der Waals surface area (Å²) in [6, 6.07) is 32.8. The van der Waals surface area contributed by atoms with Crippen LogP contribution in [0.15, 0.2) is 128 Å². The summed E-state index contributed by atoms with van der Waals surface area (Å²) in [5, 5.41) is 11.2. The van der Waals surface area contributed by atoms with Crippen molar-refractivity contribution in [2.24, 2.45) is 0 Å². The maximum atomic E-state index is 13.4. The molecule has 0 spiro atoms. The first-order chi connectivity index (χ1) is 18.5. The van der Waals surface area contributed by atoms with Crippen molar-refractivity contribution in [3.63, 3.8) is 0 Å². The molecule has 0 amide bonds. The first kappa shape index (κ1) is 23.6. The van der Waals surface area contributed by atoms with Crippen LogP contribution in [0.25, 0.3) is 33.8 Å². The fourth-order valence-electron chi connectivity index (χ4n) is 4.41. The maximum absolute atomic E-state index is 13.4. The van der Waals surface area contributed by atoms with Gasteiger partial charge in [0.25, 0.3) is 0 Å². The molecule has 3 aromatic carbocycles. The number of benzene rings is 3. The van der Waals surface area contributed by atoms with Gasteiger partial charge in [-0.25, -0.2) is 22.5 Å². The van der Waals surface area contributed by atoms with Crippen LogP contribution in [0.5, 0.6) is 0 Å². The van der Waals surface area contributed by atoms with Crippen molar-refractivity contribution in [2.45, 2.75) is 5.12 Å². The van der Waals surface area contributed by atoms with Gasteiger partial charge in [-0.05, 0) is 18.2 Å². The van der Waals surface area contributed by atoms with Crippen molar-refractivity contribution in [3.05, 3.63) is 128 Å². The van der Waals surface area contributed by atoms with Crippen molar-refractivity contribution in [3.8, 4) is 33.8 Å². The van der Waals surface area contributed by atoms with E-state index in [4.69, 9.17) is 0 Å². The summed E-state index contributed by atoms with van der Waals surface area (Å²) in [6.07, 6.45) is 4.35. The number of aromatic nitrogens is 6. The average molecular weight is 522 g/mol. The number of nitrogens with zero attached hydrogens (tertiary/aromatic N) is 6. The van der Waals surface area contributed by atoms with E-state index in [1.165, 1.54) is 18.6 Å². The van der Waals surface area contributed by atoms with Crippen LogP contribution < -0.4 is 0 Å². The Kier molecular flexibility index (Phi) is 5.74. The Hall–Kier alpha value is -4.80. The lowest BCUT2D eigenvalue weighted by molar-refractivity contribution is 0.198. The van der Waals surface area contributed by atoms with Crippen molar-refractivity contribution in [2.75, 3.05) is 0 Å². The van der Waals surface area contributed by atoms with E-state index in [9.17, 15) is 13.0 Å². The number of rotatable bonds is 7. The molecule has 10 heteroatoms. The second-order valence-electron chi connectivity index (χ2n) is 8.56. The van der Waals surface area contributed by atoms with Gasteiger partial charge in [0.05, 0.1) is 17.1 Å². The van der Waals surface area contributed by atoms with Gasteiger partial charge in [-0.2, -0.15) is 15.3 Å². The zero-order valence-corrected chi connectivity index (χ0v) is 20.8. The molecular weight excluding hydrogens is 500 g/mol. The minimum Gasteiger partial charge on any atom is -0.743 e. The van der Waals surface area contributed by atoms with E-state index in [0.717, 1.165) is 30.7 Å². The van der Waals surface area contributed by atoms with Gasteiger partial charge in [0.15, 0.2) is 10.1 Å². The third-order valence-corrected chi connectivity index (χ3v) is 7.44. The first-order valence-corrected chi connectivity index (χ1v) is 13.2. The van der Waals surface area contributed by atoms with Gasteiger partial charge in [-0.1, -0.05) is 91.0 Å². The van der Waals surface area contributed by atoms with E-state index in [0.29, 0.717) is 17.1 Å². The van der Waals surface area contributed by atoms with Crippen LogP contribution in [0, 0.1) is 0 Å². The smallest absolute Gasteiger partial charge is 0.343 e. The lowest BCUT2D eigenvalue weighted by atomic mass is 10.2. The molecule has 0 saturated carbocycles. The Balaban J connectivity index is 1.60. The zero-order valence-electron chi connectivity index (χ0n) is 19.9. The molecule has 0 aliphatic heterocycles. The highest BCUT2D eigenvalue weighted by atomic mass is 32.2. The molecule has 38 heavy (non-hydrogen) atoms. The highest BCUT2D eigenvalue weighted by molar-refractivity contribution is 7.86. The molecule has 0 saturated heterocycles. The van der Waals surface area contributed by atoms with E-state index in [-0.39, 0.29) is 0 Å². The van der Waals surface area contributed by atoms with Crippen molar-refractivity contribution in [1.82, 2.24) is 29.3 Å². The van der Waals surface area contributed by atoms with Crippen molar-refractivity contribution in [1.29, 1.82) is 0 Å². The van der Waals surface area contributed by atoms with Gasteiger partial charge < -0.3 is 4.55 Å². The summed E-state index contributed by atoms with van der Waals surface area (Å²) < 4.78 is 43.4. The fraction of sp³-hybridized carbons (Fsp3) is 0.0357. The van der Waals surface area contributed by atoms with Crippen molar-refractivity contribution >= 4 is 10.1 Å². The van der Waals surface area contributed by atoms with Crippen molar-refractivity contribution < 1.29 is 13.0 Å². The van der Waals surface area contributed by atoms with Crippen LogP contribution in [0.2, 0.25) is 0 Å². The minimum absolute atomic E-state index is 0.490. The average Bonchev–Trinajstić information content (AvgIpc) is 3.72. The van der Waals surface area contributed by atoms with Crippen LogP contribution in [0.1, 0.15) is 0 Å². The van der Waals surface area contributed by atoms with E-state index in [2.05, 4.69) is 15.3 Å². The molecule has 9 nitrogen and oxygen atoms in total. The minimum atomic E-state index is -5.24. The Labute approximate surface area is 219 Å². The van der Waals surface area contributed by atoms with E-state index < -0.39 is 15.2 Å². The molecule has 0 atom stereocenters. The topological polar surface area (TPSA) is 111 Å². The Morgan fingerprint density at radius 1 is 0.500 bits per heavy atom. The summed E-state index contributed by atoms with van der Waals surface area (Å²) in [6.45, 7) is 0. The summed E-state index contributed by atoms with van der Waals surface area (Å²) in [5.74, 6) is 0.